The molecule has 0 spiro atoms. The summed E-state index contributed by atoms with van der Waals surface area (Å²) in [7, 11) is 0. The summed E-state index contributed by atoms with van der Waals surface area (Å²) in [6.07, 6.45) is 0.771. The third-order valence-electron chi connectivity index (χ3n) is 3.17. The fourth-order valence-electron chi connectivity index (χ4n) is 1.92. The molecule has 0 aliphatic heterocycles. The van der Waals surface area contributed by atoms with Crippen LogP contribution in [0.5, 0.6) is 0 Å². The van der Waals surface area contributed by atoms with Gasteiger partial charge in [-0.3, -0.25) is 9.59 Å². The van der Waals surface area contributed by atoms with Gasteiger partial charge in [0.1, 0.15) is 6.61 Å². The van der Waals surface area contributed by atoms with Crippen molar-refractivity contribution in [3.63, 3.8) is 0 Å². The summed E-state index contributed by atoms with van der Waals surface area (Å²) in [5.74, 6) is -0.565. The van der Waals surface area contributed by atoms with Gasteiger partial charge in [0.05, 0.1) is 12.5 Å². The molecule has 0 rings (SSSR count). The Labute approximate surface area is 129 Å². The van der Waals surface area contributed by atoms with Crippen molar-refractivity contribution in [1.29, 1.82) is 0 Å². The average Bonchev–Trinajstić information content (AvgIpc) is 2.28. The summed E-state index contributed by atoms with van der Waals surface area (Å²) in [5.41, 5.74) is 0.359. The molecule has 4 nitrogen and oxygen atoms in total. The van der Waals surface area contributed by atoms with Gasteiger partial charge in [0.25, 0.3) is 0 Å². The zero-order valence-corrected chi connectivity index (χ0v) is 14.6. The molecule has 0 radical (unpaired) electrons. The van der Waals surface area contributed by atoms with Crippen LogP contribution < -0.4 is 5.32 Å². The molecule has 21 heavy (non-hydrogen) atoms. The van der Waals surface area contributed by atoms with Crippen LogP contribution in [0.25, 0.3) is 0 Å². The molecule has 0 aliphatic carbocycles. The van der Waals surface area contributed by atoms with Crippen molar-refractivity contribution in [3.05, 3.63) is 12.2 Å². The van der Waals surface area contributed by atoms with Crippen molar-refractivity contribution in [1.82, 2.24) is 5.32 Å². The predicted octanol–water partition coefficient (Wildman–Crippen LogP) is 3.32. The molecule has 0 heterocycles. The molecule has 0 saturated carbocycles. The van der Waals surface area contributed by atoms with E-state index in [1.165, 1.54) is 0 Å². The minimum Gasteiger partial charge on any atom is -0.464 e. The number of rotatable bonds is 6. The highest BCUT2D eigenvalue weighted by atomic mass is 16.5. The van der Waals surface area contributed by atoms with Gasteiger partial charge in [-0.2, -0.15) is 0 Å². The number of amides is 1. The Kier molecular flexibility index (Phi) is 7.14. The van der Waals surface area contributed by atoms with Crippen LogP contribution in [0.3, 0.4) is 0 Å². The number of carbonyl (C=O) groups excluding carboxylic acids is 2. The first-order valence-corrected chi connectivity index (χ1v) is 7.45. The van der Waals surface area contributed by atoms with Crippen LogP contribution in [0.1, 0.15) is 54.9 Å². The fraction of sp³-hybridized carbons (Fsp3) is 0.765. The minimum absolute atomic E-state index is 0.0606. The molecule has 0 saturated heterocycles. The van der Waals surface area contributed by atoms with Crippen molar-refractivity contribution in [2.24, 2.45) is 16.7 Å². The molecule has 0 aromatic carbocycles. The van der Waals surface area contributed by atoms with Gasteiger partial charge in [-0.15, -0.1) is 0 Å². The zero-order valence-electron chi connectivity index (χ0n) is 14.6. The molecule has 1 N–H and O–H groups in total. The van der Waals surface area contributed by atoms with Crippen LogP contribution >= 0.6 is 0 Å². The maximum absolute atomic E-state index is 12.3. The smallest absolute Gasteiger partial charge is 0.309 e. The summed E-state index contributed by atoms with van der Waals surface area (Å²) < 4.78 is 5.32. The van der Waals surface area contributed by atoms with Gasteiger partial charge < -0.3 is 10.1 Å². The van der Waals surface area contributed by atoms with Crippen LogP contribution in [-0.4, -0.2) is 25.0 Å². The fourth-order valence-corrected chi connectivity index (χ4v) is 1.92. The van der Waals surface area contributed by atoms with Gasteiger partial charge in [0.2, 0.25) is 5.91 Å². The van der Waals surface area contributed by atoms with Crippen molar-refractivity contribution < 1.29 is 14.3 Å². The Hall–Kier alpha value is -1.32. The lowest BCUT2D eigenvalue weighted by atomic mass is 9.72. The molecule has 1 unspecified atom stereocenters. The van der Waals surface area contributed by atoms with Crippen LogP contribution in [0, 0.1) is 16.7 Å². The zero-order chi connectivity index (χ0) is 16.8. The second kappa shape index (κ2) is 7.62. The molecule has 0 fully saturated rings. The summed E-state index contributed by atoms with van der Waals surface area (Å²) >= 11 is 0. The Morgan fingerprint density at radius 1 is 1.14 bits per heavy atom. The lowest BCUT2D eigenvalue weighted by Gasteiger charge is -2.33. The standard InChI is InChI=1S/C17H31NO3/c1-12(2)14(19)18-9-10-21-15(20)13(17(6,7)8)11-16(3,4)5/h13H,1,9-11H2,2-8H3,(H,18,19). The second-order valence-electron chi connectivity index (χ2n) is 7.89. The van der Waals surface area contributed by atoms with Crippen LogP contribution in [0.2, 0.25) is 0 Å². The molecule has 122 valence electrons. The number of hydrogen-bond acceptors (Lipinski definition) is 3. The monoisotopic (exact) mass is 297 g/mol. The second-order valence-corrected chi connectivity index (χ2v) is 7.89. The third kappa shape index (κ3) is 8.53. The number of esters is 1. The number of carbonyl (C=O) groups is 2. The quantitative estimate of drug-likeness (QED) is 0.465. The Morgan fingerprint density at radius 2 is 1.67 bits per heavy atom. The normalized spacial score (nSPS) is 13.5. The molecule has 0 bridgehead atoms. The van der Waals surface area contributed by atoms with Gasteiger partial charge in [-0.1, -0.05) is 48.1 Å². The van der Waals surface area contributed by atoms with Gasteiger partial charge in [-0.25, -0.2) is 0 Å². The summed E-state index contributed by atoms with van der Waals surface area (Å²) in [6, 6.07) is 0. The molecule has 1 amide bonds. The molecule has 0 aliphatic rings. The van der Waals surface area contributed by atoms with E-state index in [0.717, 1.165) is 6.42 Å². The van der Waals surface area contributed by atoms with E-state index in [4.69, 9.17) is 4.74 Å². The summed E-state index contributed by atoms with van der Waals surface area (Å²) in [6.45, 7) is 18.2. The van der Waals surface area contributed by atoms with Gasteiger partial charge >= 0.3 is 5.97 Å². The highest BCUT2D eigenvalue weighted by Gasteiger charge is 2.35. The predicted molar refractivity (Wildman–Crippen MR) is 85.8 cm³/mol. The van der Waals surface area contributed by atoms with E-state index in [-0.39, 0.29) is 35.2 Å². The Morgan fingerprint density at radius 3 is 2.05 bits per heavy atom. The van der Waals surface area contributed by atoms with Crippen LogP contribution in [-0.2, 0) is 14.3 Å². The first-order valence-electron chi connectivity index (χ1n) is 7.45. The molecule has 1 atom stereocenters. The lowest BCUT2D eigenvalue weighted by Crippen LogP contribution is -2.35. The van der Waals surface area contributed by atoms with E-state index in [9.17, 15) is 9.59 Å². The number of ether oxygens (including phenoxy) is 1. The van der Waals surface area contributed by atoms with Crippen molar-refractivity contribution in [2.45, 2.75) is 54.9 Å². The van der Waals surface area contributed by atoms with E-state index < -0.39 is 0 Å². The van der Waals surface area contributed by atoms with Crippen LogP contribution in [0.15, 0.2) is 12.2 Å². The average molecular weight is 297 g/mol. The first-order chi connectivity index (χ1) is 9.34. The van der Waals surface area contributed by atoms with E-state index in [1.807, 2.05) is 20.8 Å². The Bertz CT molecular complexity index is 386. The van der Waals surface area contributed by atoms with E-state index in [1.54, 1.807) is 6.92 Å². The maximum atomic E-state index is 12.3. The number of hydrogen-bond donors (Lipinski definition) is 1. The first kappa shape index (κ1) is 19.7. The largest absolute Gasteiger partial charge is 0.464 e. The Balaban J connectivity index is 4.44. The van der Waals surface area contributed by atoms with E-state index in [2.05, 4.69) is 32.7 Å². The van der Waals surface area contributed by atoms with E-state index >= 15 is 0 Å². The molecule has 4 heteroatoms. The maximum Gasteiger partial charge on any atom is 0.309 e. The van der Waals surface area contributed by atoms with Gasteiger partial charge in [-0.05, 0) is 24.2 Å². The SMILES string of the molecule is C=C(C)C(=O)NCCOC(=O)C(CC(C)(C)C)C(C)(C)C. The minimum atomic E-state index is -0.215. The van der Waals surface area contributed by atoms with E-state index in [0.29, 0.717) is 12.1 Å². The highest BCUT2D eigenvalue weighted by Crippen LogP contribution is 2.36. The van der Waals surface area contributed by atoms with Crippen molar-refractivity contribution >= 4 is 11.9 Å². The number of nitrogens with one attached hydrogen (secondary N) is 1. The molecule has 0 aromatic rings. The summed E-state index contributed by atoms with van der Waals surface area (Å²) in [5, 5.41) is 2.65. The summed E-state index contributed by atoms with van der Waals surface area (Å²) in [4.78, 5) is 23.6. The lowest BCUT2D eigenvalue weighted by molar-refractivity contribution is -0.154. The van der Waals surface area contributed by atoms with Gasteiger partial charge in [0, 0.05) is 5.57 Å². The van der Waals surface area contributed by atoms with Gasteiger partial charge in [0.15, 0.2) is 0 Å². The molecule has 0 aromatic heterocycles. The highest BCUT2D eigenvalue weighted by molar-refractivity contribution is 5.92. The third-order valence-corrected chi connectivity index (χ3v) is 3.17. The van der Waals surface area contributed by atoms with Crippen molar-refractivity contribution in [3.8, 4) is 0 Å². The topological polar surface area (TPSA) is 55.4 Å². The van der Waals surface area contributed by atoms with Crippen molar-refractivity contribution in [2.75, 3.05) is 13.2 Å². The molecular weight excluding hydrogens is 266 g/mol. The van der Waals surface area contributed by atoms with Crippen LogP contribution in [0.4, 0.5) is 0 Å². The molecular formula is C17H31NO3.